The van der Waals surface area contributed by atoms with E-state index in [0.717, 1.165) is 0 Å². The van der Waals surface area contributed by atoms with E-state index in [1.165, 1.54) is 6.92 Å². The molecule has 0 aliphatic rings. The molecule has 1 nitrogen and oxygen atoms in total. The molecule has 0 amide bonds. The zero-order chi connectivity index (χ0) is 3.58. The average Bonchev–Trinajstić information content (AvgIpc) is 0.811. The second-order valence-electron chi connectivity index (χ2n) is 0.519. The Balaban J connectivity index is 0. The van der Waals surface area contributed by atoms with Crippen molar-refractivity contribution in [1.29, 1.82) is 0 Å². The van der Waals surface area contributed by atoms with E-state index < -0.39 is 0 Å². The van der Waals surface area contributed by atoms with Crippen molar-refractivity contribution >= 4 is 17.3 Å². The van der Waals surface area contributed by atoms with Crippen molar-refractivity contribution in [2.24, 2.45) is 0 Å². The standard InChI is InChI=1S/C2H4OS.Pt/c1-2(3)4;/h1H3,(H,3,4);. The van der Waals surface area contributed by atoms with Gasteiger partial charge in [-0.3, -0.25) is 0 Å². The summed E-state index contributed by atoms with van der Waals surface area (Å²) >= 11 is 4.09. The van der Waals surface area contributed by atoms with Crippen molar-refractivity contribution in [2.45, 2.75) is 6.92 Å². The number of hydrogen-bond acceptors (Lipinski definition) is 1. The number of thiocarbonyl (C=S) groups is 1. The maximum atomic E-state index is 7.79. The van der Waals surface area contributed by atoms with Crippen molar-refractivity contribution in [2.75, 3.05) is 0 Å². The van der Waals surface area contributed by atoms with E-state index in [0.29, 0.717) is 0 Å². The van der Waals surface area contributed by atoms with Crippen LogP contribution in [-0.2, 0) is 21.1 Å². The fourth-order valence-electron chi connectivity index (χ4n) is 0. The monoisotopic (exact) mass is 271 g/mol. The van der Waals surface area contributed by atoms with Crippen molar-refractivity contribution in [1.82, 2.24) is 0 Å². The molecule has 0 heterocycles. The Hall–Kier alpha value is 0.578. The van der Waals surface area contributed by atoms with Crippen LogP contribution in [0.3, 0.4) is 0 Å². The van der Waals surface area contributed by atoms with Crippen molar-refractivity contribution < 1.29 is 26.2 Å². The van der Waals surface area contributed by atoms with Gasteiger partial charge in [0.05, 0.1) is 0 Å². The molecule has 0 aromatic carbocycles. The molecule has 3 heteroatoms. The van der Waals surface area contributed by atoms with Crippen LogP contribution in [0.1, 0.15) is 6.92 Å². The van der Waals surface area contributed by atoms with Crippen LogP contribution in [-0.4, -0.2) is 10.2 Å². The summed E-state index contributed by atoms with van der Waals surface area (Å²) in [6, 6.07) is 0. The Labute approximate surface area is 50.6 Å². The summed E-state index contributed by atoms with van der Waals surface area (Å²) < 4.78 is 0. The first-order chi connectivity index (χ1) is 1.73. The molecule has 0 aliphatic carbocycles. The fraction of sp³-hybridized carbons (Fsp3) is 0.500. The first kappa shape index (κ1) is 9.13. The van der Waals surface area contributed by atoms with Gasteiger partial charge in [0.25, 0.3) is 0 Å². The van der Waals surface area contributed by atoms with Crippen LogP contribution >= 0.6 is 12.2 Å². The summed E-state index contributed by atoms with van der Waals surface area (Å²) in [4.78, 5) is 0. The third-order valence-electron chi connectivity index (χ3n) is 0. The van der Waals surface area contributed by atoms with E-state index in [-0.39, 0.29) is 26.1 Å². The van der Waals surface area contributed by atoms with Crippen molar-refractivity contribution in [3.05, 3.63) is 0 Å². The van der Waals surface area contributed by atoms with Crippen molar-refractivity contribution in [3.8, 4) is 0 Å². The van der Waals surface area contributed by atoms with Gasteiger partial charge in [0.1, 0.15) is 0 Å². The maximum Gasteiger partial charge on any atom is 0.153 e. The van der Waals surface area contributed by atoms with E-state index in [4.69, 9.17) is 5.11 Å². The fourth-order valence-corrected chi connectivity index (χ4v) is 0. The van der Waals surface area contributed by atoms with Gasteiger partial charge in [-0.2, -0.15) is 0 Å². The van der Waals surface area contributed by atoms with Gasteiger partial charge in [-0.05, 0) is 12.2 Å². The molecular weight excluding hydrogens is 267 g/mol. The molecule has 0 aromatic heterocycles. The molecule has 0 saturated carbocycles. The van der Waals surface area contributed by atoms with E-state index in [1.54, 1.807) is 0 Å². The van der Waals surface area contributed by atoms with Crippen molar-refractivity contribution in [3.63, 3.8) is 0 Å². The number of aliphatic hydroxyl groups excluding tert-OH is 1. The molecule has 0 spiro atoms. The van der Waals surface area contributed by atoms with E-state index in [1.807, 2.05) is 0 Å². The molecule has 0 fully saturated rings. The second-order valence-corrected chi connectivity index (χ2v) is 1.11. The molecule has 0 atom stereocenters. The number of hydrogen-bond donors (Lipinski definition) is 1. The molecule has 0 bridgehead atoms. The van der Waals surface area contributed by atoms with Gasteiger partial charge in [0.15, 0.2) is 5.05 Å². The van der Waals surface area contributed by atoms with Gasteiger partial charge in [0, 0.05) is 28.0 Å². The predicted octanol–water partition coefficient (Wildman–Crippen LogP) is 0.889. The van der Waals surface area contributed by atoms with Crippen LogP contribution in [0.4, 0.5) is 0 Å². The summed E-state index contributed by atoms with van der Waals surface area (Å²) in [6.45, 7) is 1.45. The molecule has 34 valence electrons. The normalized spacial score (nSPS) is 5.00. The summed E-state index contributed by atoms with van der Waals surface area (Å²) in [5.74, 6) is 0. The molecule has 5 heavy (non-hydrogen) atoms. The van der Waals surface area contributed by atoms with Gasteiger partial charge in [-0.1, -0.05) is 0 Å². The smallest absolute Gasteiger partial charge is 0.153 e. The van der Waals surface area contributed by atoms with E-state index in [9.17, 15) is 0 Å². The van der Waals surface area contributed by atoms with E-state index in [2.05, 4.69) is 12.2 Å². The van der Waals surface area contributed by atoms with Crippen LogP contribution in [0.2, 0.25) is 0 Å². The maximum absolute atomic E-state index is 7.79. The Morgan fingerprint density at radius 3 is 1.80 bits per heavy atom. The van der Waals surface area contributed by atoms with Gasteiger partial charge in [-0.25, -0.2) is 0 Å². The molecule has 0 unspecified atom stereocenters. The van der Waals surface area contributed by atoms with Gasteiger partial charge < -0.3 is 5.11 Å². The minimum absolute atomic E-state index is 0. The third kappa shape index (κ3) is 91.0. The SMILES string of the molecule is CC(O)=S.[Pt]. The minimum atomic E-state index is 0. The Kier molecular flexibility index (Phi) is 8.36. The summed E-state index contributed by atoms with van der Waals surface area (Å²) in [6.07, 6.45) is 0. The zero-order valence-corrected chi connectivity index (χ0v) is 5.76. The molecule has 0 rings (SSSR count). The van der Waals surface area contributed by atoms with Crippen LogP contribution in [0.25, 0.3) is 0 Å². The largest absolute Gasteiger partial charge is 0.502 e. The zero-order valence-electron chi connectivity index (χ0n) is 2.67. The molecule has 0 aromatic rings. The first-order valence-corrected chi connectivity index (χ1v) is 1.34. The van der Waals surface area contributed by atoms with Crippen LogP contribution in [0.5, 0.6) is 0 Å². The Morgan fingerprint density at radius 2 is 1.80 bits per heavy atom. The number of aliphatic hydroxyl groups is 1. The van der Waals surface area contributed by atoms with E-state index >= 15 is 0 Å². The van der Waals surface area contributed by atoms with Crippen LogP contribution in [0.15, 0.2) is 0 Å². The third-order valence-corrected chi connectivity index (χ3v) is 0. The summed E-state index contributed by atoms with van der Waals surface area (Å²) in [5, 5.41) is 7.79. The second kappa shape index (κ2) is 4.58. The summed E-state index contributed by atoms with van der Waals surface area (Å²) in [5.41, 5.74) is 0. The molecule has 1 N–H and O–H groups in total. The predicted molar refractivity (Wildman–Crippen MR) is 20.9 cm³/mol. The molecule has 0 saturated heterocycles. The minimum Gasteiger partial charge on any atom is -0.502 e. The molecule has 0 radical (unpaired) electrons. The quantitative estimate of drug-likeness (QED) is 0.660. The Bertz CT molecular complexity index is 32.6. The Morgan fingerprint density at radius 1 is 1.80 bits per heavy atom. The van der Waals surface area contributed by atoms with Gasteiger partial charge in [-0.15, -0.1) is 0 Å². The first-order valence-electron chi connectivity index (χ1n) is 0.928. The average molecular weight is 271 g/mol. The van der Waals surface area contributed by atoms with Gasteiger partial charge in [0.2, 0.25) is 0 Å². The molecule has 0 aliphatic heterocycles. The van der Waals surface area contributed by atoms with Crippen LogP contribution in [0, 0.1) is 0 Å². The summed E-state index contributed by atoms with van der Waals surface area (Å²) in [7, 11) is 0. The molecular formula is C2H4OPtS. The topological polar surface area (TPSA) is 20.2 Å². The van der Waals surface area contributed by atoms with Gasteiger partial charge >= 0.3 is 0 Å². The number of rotatable bonds is 0. The van der Waals surface area contributed by atoms with Crippen LogP contribution < -0.4 is 0 Å².